The predicted molar refractivity (Wildman–Crippen MR) is 72.5 cm³/mol. The summed E-state index contributed by atoms with van der Waals surface area (Å²) in [5.74, 6) is 0.378. The SMILES string of the molecule is Cc1ncoc1C(=O)NC1(C(N)=NO)CCC(C)CC1. The van der Waals surface area contributed by atoms with Crippen LogP contribution in [0.5, 0.6) is 0 Å². The van der Waals surface area contributed by atoms with Crippen molar-refractivity contribution >= 4 is 11.7 Å². The first-order valence-electron chi connectivity index (χ1n) is 6.69. The Labute approximate surface area is 117 Å². The van der Waals surface area contributed by atoms with E-state index in [2.05, 4.69) is 22.4 Å². The smallest absolute Gasteiger partial charge is 0.289 e. The lowest BCUT2D eigenvalue weighted by atomic mass is 9.76. The second kappa shape index (κ2) is 5.52. The van der Waals surface area contributed by atoms with Crippen LogP contribution in [0.1, 0.15) is 48.9 Å². The number of hydrogen-bond donors (Lipinski definition) is 3. The number of carbonyl (C=O) groups excluding carboxylic acids is 1. The van der Waals surface area contributed by atoms with E-state index in [1.165, 1.54) is 6.39 Å². The van der Waals surface area contributed by atoms with E-state index < -0.39 is 5.54 Å². The van der Waals surface area contributed by atoms with Crippen LogP contribution in [-0.2, 0) is 0 Å². The monoisotopic (exact) mass is 280 g/mol. The van der Waals surface area contributed by atoms with Crippen LogP contribution in [0.25, 0.3) is 0 Å². The second-order valence-electron chi connectivity index (χ2n) is 5.47. The zero-order valence-corrected chi connectivity index (χ0v) is 11.7. The number of amidine groups is 1. The van der Waals surface area contributed by atoms with Gasteiger partial charge in [-0.05, 0) is 38.5 Å². The van der Waals surface area contributed by atoms with Crippen molar-refractivity contribution in [2.75, 3.05) is 0 Å². The molecule has 1 saturated carbocycles. The normalized spacial score (nSPS) is 27.3. The molecule has 0 unspecified atom stereocenters. The summed E-state index contributed by atoms with van der Waals surface area (Å²) in [6, 6.07) is 0. The van der Waals surface area contributed by atoms with E-state index in [0.717, 1.165) is 12.8 Å². The van der Waals surface area contributed by atoms with Crippen LogP contribution in [0.4, 0.5) is 0 Å². The van der Waals surface area contributed by atoms with Gasteiger partial charge in [0.05, 0.1) is 5.69 Å². The highest BCUT2D eigenvalue weighted by Crippen LogP contribution is 2.32. The first kappa shape index (κ1) is 14.4. The second-order valence-corrected chi connectivity index (χ2v) is 5.47. The fourth-order valence-electron chi connectivity index (χ4n) is 2.59. The Morgan fingerprint density at radius 2 is 2.25 bits per heavy atom. The number of amides is 1. The van der Waals surface area contributed by atoms with E-state index in [0.29, 0.717) is 24.5 Å². The van der Waals surface area contributed by atoms with Crippen LogP contribution in [0, 0.1) is 12.8 Å². The number of oxazole rings is 1. The van der Waals surface area contributed by atoms with Gasteiger partial charge in [-0.3, -0.25) is 4.79 Å². The van der Waals surface area contributed by atoms with Crippen molar-refractivity contribution in [1.82, 2.24) is 10.3 Å². The van der Waals surface area contributed by atoms with Crippen LogP contribution in [0.15, 0.2) is 16.0 Å². The van der Waals surface area contributed by atoms with Crippen LogP contribution in [-0.4, -0.2) is 27.5 Å². The Bertz CT molecular complexity index is 515. The van der Waals surface area contributed by atoms with E-state index in [4.69, 9.17) is 15.4 Å². The summed E-state index contributed by atoms with van der Waals surface area (Å²) in [4.78, 5) is 16.2. The van der Waals surface area contributed by atoms with Gasteiger partial charge in [0.15, 0.2) is 12.2 Å². The van der Waals surface area contributed by atoms with Crippen molar-refractivity contribution in [3.8, 4) is 0 Å². The molecule has 7 heteroatoms. The number of hydrogen-bond acceptors (Lipinski definition) is 5. The van der Waals surface area contributed by atoms with Crippen LogP contribution < -0.4 is 11.1 Å². The molecule has 0 radical (unpaired) electrons. The molecule has 1 amide bonds. The summed E-state index contributed by atoms with van der Waals surface area (Å²) in [5.41, 5.74) is 5.51. The van der Waals surface area contributed by atoms with E-state index >= 15 is 0 Å². The van der Waals surface area contributed by atoms with Crippen molar-refractivity contribution < 1.29 is 14.4 Å². The van der Waals surface area contributed by atoms with E-state index in [1.54, 1.807) is 6.92 Å². The molecule has 4 N–H and O–H groups in total. The first-order valence-corrected chi connectivity index (χ1v) is 6.69. The molecule has 0 spiro atoms. The van der Waals surface area contributed by atoms with Crippen molar-refractivity contribution in [2.45, 2.75) is 45.1 Å². The highest BCUT2D eigenvalue weighted by Gasteiger charge is 2.40. The molecule has 1 aromatic heterocycles. The lowest BCUT2D eigenvalue weighted by molar-refractivity contribution is 0.0868. The van der Waals surface area contributed by atoms with Gasteiger partial charge in [0, 0.05) is 0 Å². The zero-order chi connectivity index (χ0) is 14.8. The predicted octanol–water partition coefficient (Wildman–Crippen LogP) is 1.41. The maximum Gasteiger partial charge on any atom is 0.289 e. The maximum absolute atomic E-state index is 12.3. The van der Waals surface area contributed by atoms with E-state index in [1.807, 2.05) is 0 Å². The number of aromatic nitrogens is 1. The van der Waals surface area contributed by atoms with Crippen LogP contribution in [0.2, 0.25) is 0 Å². The summed E-state index contributed by atoms with van der Waals surface area (Å²) in [7, 11) is 0. The highest BCUT2D eigenvalue weighted by molar-refractivity contribution is 5.99. The molecule has 110 valence electrons. The van der Waals surface area contributed by atoms with Gasteiger partial charge in [0.2, 0.25) is 5.76 Å². The van der Waals surface area contributed by atoms with Crippen molar-refractivity contribution in [3.63, 3.8) is 0 Å². The van der Waals surface area contributed by atoms with Gasteiger partial charge in [-0.25, -0.2) is 4.98 Å². The fourth-order valence-corrected chi connectivity index (χ4v) is 2.59. The molecule has 1 aliphatic rings. The minimum Gasteiger partial charge on any atom is -0.438 e. The number of nitrogens with two attached hydrogens (primary N) is 1. The van der Waals surface area contributed by atoms with E-state index in [-0.39, 0.29) is 17.5 Å². The molecule has 7 nitrogen and oxygen atoms in total. The third-order valence-corrected chi connectivity index (χ3v) is 4.03. The molecule has 20 heavy (non-hydrogen) atoms. The maximum atomic E-state index is 12.3. The highest BCUT2D eigenvalue weighted by atomic mass is 16.4. The lowest BCUT2D eigenvalue weighted by Crippen LogP contribution is -2.59. The molecule has 0 aromatic carbocycles. The first-order chi connectivity index (χ1) is 9.48. The standard InChI is InChI=1S/C13H20N4O3/c1-8-3-5-13(6-4-8,12(14)17-19)16-11(18)10-9(2)15-7-20-10/h7-8,19H,3-6H2,1-2H3,(H2,14,17)(H,16,18). The number of aryl methyl sites for hydroxylation is 1. The average molecular weight is 280 g/mol. The van der Waals surface area contributed by atoms with Gasteiger partial charge < -0.3 is 20.7 Å². The Morgan fingerprint density at radius 3 is 2.75 bits per heavy atom. The molecule has 1 fully saturated rings. The van der Waals surface area contributed by atoms with Gasteiger partial charge in [-0.15, -0.1) is 0 Å². The van der Waals surface area contributed by atoms with Gasteiger partial charge in [0.25, 0.3) is 5.91 Å². The van der Waals surface area contributed by atoms with Crippen LogP contribution in [0.3, 0.4) is 0 Å². The molecule has 0 bridgehead atoms. The van der Waals surface area contributed by atoms with Crippen molar-refractivity contribution in [3.05, 3.63) is 17.8 Å². The number of rotatable bonds is 3. The van der Waals surface area contributed by atoms with Crippen LogP contribution >= 0.6 is 0 Å². The zero-order valence-electron chi connectivity index (χ0n) is 11.7. The van der Waals surface area contributed by atoms with Gasteiger partial charge in [0.1, 0.15) is 5.54 Å². The number of nitrogens with one attached hydrogen (secondary N) is 1. The molecule has 2 rings (SSSR count). The summed E-state index contributed by atoms with van der Waals surface area (Å²) >= 11 is 0. The third kappa shape index (κ3) is 2.61. The molecular weight excluding hydrogens is 260 g/mol. The Kier molecular flexibility index (Phi) is 3.96. The Hall–Kier alpha value is -2.05. The number of oxime groups is 1. The van der Waals surface area contributed by atoms with Crippen molar-refractivity contribution in [2.24, 2.45) is 16.8 Å². The third-order valence-electron chi connectivity index (χ3n) is 4.03. The fraction of sp³-hybridized carbons (Fsp3) is 0.615. The van der Waals surface area contributed by atoms with Gasteiger partial charge >= 0.3 is 0 Å². The average Bonchev–Trinajstić information content (AvgIpc) is 2.87. The topological polar surface area (TPSA) is 114 Å². The Morgan fingerprint density at radius 1 is 1.60 bits per heavy atom. The minimum absolute atomic E-state index is 0.0370. The number of carbonyl (C=O) groups is 1. The lowest BCUT2D eigenvalue weighted by Gasteiger charge is -2.38. The van der Waals surface area contributed by atoms with E-state index in [9.17, 15) is 4.79 Å². The summed E-state index contributed by atoms with van der Waals surface area (Å²) in [6.45, 7) is 3.84. The molecule has 0 aliphatic heterocycles. The molecule has 1 heterocycles. The summed E-state index contributed by atoms with van der Waals surface area (Å²) in [5, 5.41) is 15.0. The minimum atomic E-state index is -0.808. The van der Waals surface area contributed by atoms with Gasteiger partial charge in [-0.2, -0.15) is 0 Å². The van der Waals surface area contributed by atoms with Gasteiger partial charge in [-0.1, -0.05) is 12.1 Å². The summed E-state index contributed by atoms with van der Waals surface area (Å²) < 4.78 is 5.08. The largest absolute Gasteiger partial charge is 0.438 e. The van der Waals surface area contributed by atoms with Crippen molar-refractivity contribution in [1.29, 1.82) is 0 Å². The molecule has 1 aliphatic carbocycles. The molecule has 0 saturated heterocycles. The summed E-state index contributed by atoms with van der Waals surface area (Å²) in [6.07, 6.45) is 4.33. The Balaban J connectivity index is 2.21. The molecule has 0 atom stereocenters. The molecular formula is C13H20N4O3. The number of nitrogens with zero attached hydrogens (tertiary/aromatic N) is 2. The quantitative estimate of drug-likeness (QED) is 0.335. The molecule has 1 aromatic rings.